The lowest BCUT2D eigenvalue weighted by Gasteiger charge is -2.72. The van der Waals surface area contributed by atoms with Gasteiger partial charge >= 0.3 is 0 Å². The monoisotopic (exact) mass is 268 g/mol. The van der Waals surface area contributed by atoms with Crippen molar-refractivity contribution in [1.29, 1.82) is 0 Å². The molecule has 0 amide bonds. The topological polar surface area (TPSA) is 18.5 Å². The van der Waals surface area contributed by atoms with E-state index in [2.05, 4.69) is 62.3 Å². The summed E-state index contributed by atoms with van der Waals surface area (Å²) in [6.07, 6.45) is 2.42. The molecule has 19 heavy (non-hydrogen) atoms. The molecule has 112 valence electrons. The smallest absolute Gasteiger partial charge is 0.144 e. The molecule has 1 heterocycles. The lowest BCUT2D eigenvalue weighted by atomic mass is 9.44. The van der Waals surface area contributed by atoms with Gasteiger partial charge in [0.15, 0.2) is 0 Å². The first-order valence-electron chi connectivity index (χ1n) is 7.66. The highest BCUT2D eigenvalue weighted by atomic mass is 17.3. The van der Waals surface area contributed by atoms with E-state index in [-0.39, 0.29) is 27.4 Å². The fourth-order valence-electron chi connectivity index (χ4n) is 4.62. The van der Waals surface area contributed by atoms with E-state index in [4.69, 9.17) is 9.78 Å². The number of hydrogen-bond donors (Lipinski definition) is 0. The molecule has 0 bridgehead atoms. The van der Waals surface area contributed by atoms with Gasteiger partial charge in [-0.15, -0.1) is 0 Å². The Hall–Kier alpha value is -0.0800. The van der Waals surface area contributed by atoms with Gasteiger partial charge in [0, 0.05) is 0 Å². The third-order valence-electron chi connectivity index (χ3n) is 6.05. The maximum atomic E-state index is 5.96. The van der Waals surface area contributed by atoms with Gasteiger partial charge in [-0.05, 0) is 41.9 Å². The standard InChI is InChI=1S/C17H32O2/c1-13(2,3)12-10-11-15(7,8)16(9)17(12,19-18-16)14(4,5)6/h12H,10-11H2,1-9H3. The number of hydrogen-bond acceptors (Lipinski definition) is 2. The molecule has 0 N–H and O–H groups in total. The fraction of sp³-hybridized carbons (Fsp3) is 1.00. The van der Waals surface area contributed by atoms with Crippen LogP contribution in [0, 0.1) is 22.2 Å². The van der Waals surface area contributed by atoms with Crippen LogP contribution in [0.25, 0.3) is 0 Å². The van der Waals surface area contributed by atoms with Crippen LogP contribution in [0.1, 0.15) is 75.2 Å². The quantitative estimate of drug-likeness (QED) is 0.577. The van der Waals surface area contributed by atoms with E-state index in [0.717, 1.165) is 0 Å². The van der Waals surface area contributed by atoms with Gasteiger partial charge in [0.25, 0.3) is 0 Å². The maximum Gasteiger partial charge on any atom is 0.144 e. The average molecular weight is 268 g/mol. The van der Waals surface area contributed by atoms with Gasteiger partial charge in [-0.25, -0.2) is 9.78 Å². The van der Waals surface area contributed by atoms with Gasteiger partial charge in [0.1, 0.15) is 11.2 Å². The molecule has 2 heteroatoms. The molecule has 2 nitrogen and oxygen atoms in total. The molecule has 2 fully saturated rings. The molecule has 0 aromatic carbocycles. The van der Waals surface area contributed by atoms with Crippen molar-refractivity contribution >= 4 is 0 Å². The molecule has 1 aliphatic heterocycles. The molecule has 2 aliphatic rings. The van der Waals surface area contributed by atoms with Crippen molar-refractivity contribution in [2.45, 2.75) is 86.4 Å². The van der Waals surface area contributed by atoms with E-state index in [1.807, 2.05) is 0 Å². The van der Waals surface area contributed by atoms with Gasteiger partial charge in [0.05, 0.1) is 0 Å². The molecular formula is C17H32O2. The summed E-state index contributed by atoms with van der Waals surface area (Å²) in [5, 5.41) is 0. The van der Waals surface area contributed by atoms with Crippen LogP contribution < -0.4 is 0 Å². The van der Waals surface area contributed by atoms with E-state index in [0.29, 0.717) is 5.92 Å². The molecule has 0 aromatic rings. The molecule has 1 saturated heterocycles. The minimum atomic E-state index is -0.200. The first-order chi connectivity index (χ1) is 8.30. The van der Waals surface area contributed by atoms with Crippen molar-refractivity contribution in [2.75, 3.05) is 0 Å². The Morgan fingerprint density at radius 2 is 1.42 bits per heavy atom. The van der Waals surface area contributed by atoms with Gasteiger partial charge in [-0.3, -0.25) is 0 Å². The highest BCUT2D eigenvalue weighted by Gasteiger charge is 2.77. The van der Waals surface area contributed by atoms with E-state index in [9.17, 15) is 0 Å². The highest BCUT2D eigenvalue weighted by molar-refractivity contribution is 5.21. The molecule has 3 unspecified atom stereocenters. The summed E-state index contributed by atoms with van der Waals surface area (Å²) in [7, 11) is 0. The normalized spacial score (nSPS) is 42.5. The first kappa shape index (κ1) is 15.3. The summed E-state index contributed by atoms with van der Waals surface area (Å²) in [6.45, 7) is 20.8. The average Bonchev–Trinajstić information content (AvgIpc) is 2.15. The second-order valence-corrected chi connectivity index (χ2v) is 9.53. The minimum absolute atomic E-state index is 0.0651. The second-order valence-electron chi connectivity index (χ2n) is 9.53. The Morgan fingerprint density at radius 1 is 0.895 bits per heavy atom. The van der Waals surface area contributed by atoms with Crippen LogP contribution in [-0.4, -0.2) is 11.2 Å². The Kier molecular flexibility index (Phi) is 3.03. The zero-order valence-corrected chi connectivity index (χ0v) is 14.3. The lowest BCUT2D eigenvalue weighted by Crippen LogP contribution is -2.82. The summed E-state index contributed by atoms with van der Waals surface area (Å²) < 4.78 is 0. The lowest BCUT2D eigenvalue weighted by molar-refractivity contribution is -0.608. The predicted molar refractivity (Wildman–Crippen MR) is 78.7 cm³/mol. The zero-order valence-electron chi connectivity index (χ0n) is 14.3. The zero-order chi connectivity index (χ0) is 14.9. The van der Waals surface area contributed by atoms with Crippen LogP contribution in [0.4, 0.5) is 0 Å². The SMILES string of the molecule is CC(C)(C)C1CCC(C)(C)C2(C)OOC12C(C)(C)C. The first-order valence-corrected chi connectivity index (χ1v) is 7.66. The van der Waals surface area contributed by atoms with Crippen LogP contribution in [-0.2, 0) is 9.78 Å². The van der Waals surface area contributed by atoms with E-state index < -0.39 is 0 Å². The van der Waals surface area contributed by atoms with Crippen LogP contribution >= 0.6 is 0 Å². The molecule has 3 atom stereocenters. The molecule has 0 radical (unpaired) electrons. The Bertz CT molecular complexity index is 372. The molecule has 2 rings (SSSR count). The third-order valence-corrected chi connectivity index (χ3v) is 6.05. The summed E-state index contributed by atoms with van der Waals surface area (Å²) in [6, 6.07) is 0. The van der Waals surface area contributed by atoms with Crippen molar-refractivity contribution in [2.24, 2.45) is 22.2 Å². The van der Waals surface area contributed by atoms with Crippen molar-refractivity contribution in [3.8, 4) is 0 Å². The fourth-order valence-corrected chi connectivity index (χ4v) is 4.62. The largest absolute Gasteiger partial charge is 0.226 e. The molecule has 0 spiro atoms. The summed E-state index contributed by atoms with van der Waals surface area (Å²) >= 11 is 0. The van der Waals surface area contributed by atoms with E-state index >= 15 is 0 Å². The van der Waals surface area contributed by atoms with Gasteiger partial charge < -0.3 is 0 Å². The van der Waals surface area contributed by atoms with Crippen molar-refractivity contribution in [3.05, 3.63) is 0 Å². The Morgan fingerprint density at radius 3 is 1.74 bits per heavy atom. The van der Waals surface area contributed by atoms with Crippen molar-refractivity contribution in [1.82, 2.24) is 0 Å². The van der Waals surface area contributed by atoms with Crippen molar-refractivity contribution < 1.29 is 9.78 Å². The van der Waals surface area contributed by atoms with Gasteiger partial charge in [0.2, 0.25) is 0 Å². The van der Waals surface area contributed by atoms with Crippen LogP contribution in [0.2, 0.25) is 0 Å². The Labute approximate surface area is 119 Å². The maximum absolute atomic E-state index is 5.96. The van der Waals surface area contributed by atoms with E-state index in [1.54, 1.807) is 0 Å². The van der Waals surface area contributed by atoms with Crippen LogP contribution in [0.5, 0.6) is 0 Å². The van der Waals surface area contributed by atoms with E-state index in [1.165, 1.54) is 12.8 Å². The summed E-state index contributed by atoms with van der Waals surface area (Å²) in [4.78, 5) is 11.8. The molecule has 1 saturated carbocycles. The summed E-state index contributed by atoms with van der Waals surface area (Å²) in [5.74, 6) is 0.520. The van der Waals surface area contributed by atoms with Gasteiger partial charge in [-0.2, -0.15) is 0 Å². The Balaban J connectivity index is 2.58. The molecule has 1 aliphatic carbocycles. The second kappa shape index (κ2) is 3.76. The van der Waals surface area contributed by atoms with Crippen molar-refractivity contribution in [3.63, 3.8) is 0 Å². The minimum Gasteiger partial charge on any atom is -0.226 e. The van der Waals surface area contributed by atoms with Gasteiger partial charge in [-0.1, -0.05) is 55.4 Å². The summed E-state index contributed by atoms with van der Waals surface area (Å²) in [5.41, 5.74) is 0.0547. The number of rotatable bonds is 0. The number of fused-ring (bicyclic) bond motifs is 1. The van der Waals surface area contributed by atoms with Crippen LogP contribution in [0.15, 0.2) is 0 Å². The van der Waals surface area contributed by atoms with Crippen LogP contribution in [0.3, 0.4) is 0 Å². The predicted octanol–water partition coefficient (Wildman–Crippen LogP) is 4.97. The molecular weight excluding hydrogens is 236 g/mol. The third kappa shape index (κ3) is 1.68. The molecule has 0 aromatic heterocycles. The highest BCUT2D eigenvalue weighted by Crippen LogP contribution is 2.69.